The number of thioether (sulfide) groups is 1. The van der Waals surface area contributed by atoms with Crippen LogP contribution in [0.3, 0.4) is 0 Å². The van der Waals surface area contributed by atoms with Crippen molar-refractivity contribution in [3.05, 3.63) is 29.3 Å². The zero-order chi connectivity index (χ0) is 13.8. The molecule has 0 saturated carbocycles. The molecule has 0 spiro atoms. The summed E-state index contributed by atoms with van der Waals surface area (Å²) in [6.45, 7) is 1.73. The molecule has 0 bridgehead atoms. The monoisotopic (exact) mass is 279 g/mol. The van der Waals surface area contributed by atoms with Crippen LogP contribution in [-0.2, 0) is 12.7 Å². The van der Waals surface area contributed by atoms with Gasteiger partial charge < -0.3 is 10.8 Å². The van der Waals surface area contributed by atoms with Crippen molar-refractivity contribution < 1.29 is 18.3 Å². The minimum atomic E-state index is -4.38. The SMILES string of the molecule is CC(CO)CSc1ccc(CN)c(C(F)(F)F)c1. The third kappa shape index (κ3) is 4.19. The molecule has 1 aromatic rings. The summed E-state index contributed by atoms with van der Waals surface area (Å²) in [6, 6.07) is 4.16. The summed E-state index contributed by atoms with van der Waals surface area (Å²) < 4.78 is 38.3. The number of nitrogens with two attached hydrogens (primary N) is 1. The summed E-state index contributed by atoms with van der Waals surface area (Å²) in [6.07, 6.45) is -4.38. The Morgan fingerprint density at radius 3 is 2.56 bits per heavy atom. The van der Waals surface area contributed by atoms with E-state index in [4.69, 9.17) is 10.8 Å². The molecule has 1 rings (SSSR count). The Morgan fingerprint density at radius 2 is 2.06 bits per heavy atom. The van der Waals surface area contributed by atoms with Crippen molar-refractivity contribution in [1.82, 2.24) is 0 Å². The second-order valence-electron chi connectivity index (χ2n) is 4.12. The average Bonchev–Trinajstić information content (AvgIpc) is 2.34. The van der Waals surface area contributed by atoms with Crippen LogP contribution in [0.15, 0.2) is 23.1 Å². The summed E-state index contributed by atoms with van der Waals surface area (Å²) >= 11 is 1.30. The molecule has 1 aromatic carbocycles. The first-order chi connectivity index (χ1) is 8.38. The zero-order valence-electron chi connectivity index (χ0n) is 10.00. The smallest absolute Gasteiger partial charge is 0.396 e. The predicted octanol–water partition coefficient (Wildman–Crippen LogP) is 2.88. The van der Waals surface area contributed by atoms with Gasteiger partial charge in [-0.1, -0.05) is 13.0 Å². The van der Waals surface area contributed by atoms with Crippen LogP contribution in [0.2, 0.25) is 0 Å². The van der Waals surface area contributed by atoms with Gasteiger partial charge in [-0.3, -0.25) is 0 Å². The maximum Gasteiger partial charge on any atom is 0.416 e. The standard InChI is InChI=1S/C12H16F3NOS/c1-8(6-17)7-18-10-3-2-9(5-16)11(4-10)12(13,14)15/h2-4,8,17H,5-7,16H2,1H3. The van der Waals surface area contributed by atoms with Gasteiger partial charge in [0, 0.05) is 23.8 Å². The lowest BCUT2D eigenvalue weighted by Crippen LogP contribution is -2.12. The quantitative estimate of drug-likeness (QED) is 0.815. The maximum atomic E-state index is 12.8. The van der Waals surface area contributed by atoms with Crippen molar-refractivity contribution in [3.63, 3.8) is 0 Å². The number of halogens is 3. The second kappa shape index (κ2) is 6.45. The number of hydrogen-bond acceptors (Lipinski definition) is 3. The summed E-state index contributed by atoms with van der Waals surface area (Å²) in [5.41, 5.74) is 4.73. The lowest BCUT2D eigenvalue weighted by Gasteiger charge is -2.14. The minimum Gasteiger partial charge on any atom is -0.396 e. The highest BCUT2D eigenvalue weighted by Crippen LogP contribution is 2.35. The molecule has 2 nitrogen and oxygen atoms in total. The molecule has 0 aromatic heterocycles. The minimum absolute atomic E-state index is 0.0278. The molecule has 0 heterocycles. The number of hydrogen-bond donors (Lipinski definition) is 2. The van der Waals surface area contributed by atoms with Crippen LogP contribution in [0.5, 0.6) is 0 Å². The average molecular weight is 279 g/mol. The first-order valence-electron chi connectivity index (χ1n) is 5.52. The Bertz CT molecular complexity index is 395. The first kappa shape index (κ1) is 15.3. The van der Waals surface area contributed by atoms with Crippen molar-refractivity contribution in [1.29, 1.82) is 0 Å². The topological polar surface area (TPSA) is 46.2 Å². The van der Waals surface area contributed by atoms with Crippen LogP contribution in [-0.4, -0.2) is 17.5 Å². The van der Waals surface area contributed by atoms with Gasteiger partial charge in [-0.25, -0.2) is 0 Å². The van der Waals surface area contributed by atoms with Crippen LogP contribution in [0.4, 0.5) is 13.2 Å². The third-order valence-corrected chi connectivity index (χ3v) is 3.78. The highest BCUT2D eigenvalue weighted by molar-refractivity contribution is 7.99. The van der Waals surface area contributed by atoms with Crippen LogP contribution >= 0.6 is 11.8 Å². The molecule has 102 valence electrons. The summed E-state index contributed by atoms with van der Waals surface area (Å²) in [4.78, 5) is 0.542. The molecule has 0 radical (unpaired) electrons. The van der Waals surface area contributed by atoms with E-state index in [9.17, 15) is 13.2 Å². The fraction of sp³-hybridized carbons (Fsp3) is 0.500. The van der Waals surface area contributed by atoms with E-state index in [1.807, 2.05) is 6.92 Å². The van der Waals surface area contributed by atoms with E-state index in [2.05, 4.69) is 0 Å². The predicted molar refractivity (Wildman–Crippen MR) is 66.3 cm³/mol. The summed E-state index contributed by atoms with van der Waals surface area (Å²) in [5, 5.41) is 8.87. The molecule has 1 unspecified atom stereocenters. The van der Waals surface area contributed by atoms with Crippen LogP contribution in [0.1, 0.15) is 18.1 Å². The Hall–Kier alpha value is -0.720. The lowest BCUT2D eigenvalue weighted by molar-refractivity contribution is -0.138. The Morgan fingerprint density at radius 1 is 1.39 bits per heavy atom. The molecular weight excluding hydrogens is 263 g/mol. The van der Waals surface area contributed by atoms with Gasteiger partial charge in [-0.05, 0) is 23.6 Å². The van der Waals surface area contributed by atoms with E-state index in [0.29, 0.717) is 10.6 Å². The maximum absolute atomic E-state index is 12.8. The molecule has 0 aliphatic heterocycles. The highest BCUT2D eigenvalue weighted by Gasteiger charge is 2.33. The zero-order valence-corrected chi connectivity index (χ0v) is 10.8. The van der Waals surface area contributed by atoms with Gasteiger partial charge in [0.1, 0.15) is 0 Å². The van der Waals surface area contributed by atoms with E-state index in [1.165, 1.54) is 17.8 Å². The fourth-order valence-corrected chi connectivity index (χ4v) is 2.33. The van der Waals surface area contributed by atoms with Crippen molar-refractivity contribution in [3.8, 4) is 0 Å². The van der Waals surface area contributed by atoms with Gasteiger partial charge in [0.15, 0.2) is 0 Å². The molecule has 0 saturated heterocycles. The van der Waals surface area contributed by atoms with E-state index >= 15 is 0 Å². The van der Waals surface area contributed by atoms with Gasteiger partial charge in [0.05, 0.1) is 5.56 Å². The van der Waals surface area contributed by atoms with Gasteiger partial charge in [0.2, 0.25) is 0 Å². The van der Waals surface area contributed by atoms with Crippen molar-refractivity contribution in [2.75, 3.05) is 12.4 Å². The van der Waals surface area contributed by atoms with Gasteiger partial charge in [-0.15, -0.1) is 11.8 Å². The third-order valence-electron chi connectivity index (χ3n) is 2.45. The van der Waals surface area contributed by atoms with Crippen molar-refractivity contribution >= 4 is 11.8 Å². The molecule has 0 aliphatic rings. The molecule has 0 aliphatic carbocycles. The number of alkyl halides is 3. The van der Waals surface area contributed by atoms with Gasteiger partial charge in [0.25, 0.3) is 0 Å². The Labute approximate surface area is 108 Å². The van der Waals surface area contributed by atoms with Gasteiger partial charge in [-0.2, -0.15) is 13.2 Å². The van der Waals surface area contributed by atoms with E-state index in [1.54, 1.807) is 6.07 Å². The molecule has 1 atom stereocenters. The van der Waals surface area contributed by atoms with E-state index in [0.717, 1.165) is 6.07 Å². The Balaban J connectivity index is 2.90. The number of benzene rings is 1. The van der Waals surface area contributed by atoms with Crippen LogP contribution < -0.4 is 5.73 Å². The van der Waals surface area contributed by atoms with Crippen LogP contribution in [0, 0.1) is 5.92 Å². The van der Waals surface area contributed by atoms with Crippen LogP contribution in [0.25, 0.3) is 0 Å². The molecule has 6 heteroatoms. The molecule has 18 heavy (non-hydrogen) atoms. The molecule has 0 fully saturated rings. The first-order valence-corrected chi connectivity index (χ1v) is 6.51. The van der Waals surface area contributed by atoms with Crippen molar-refractivity contribution in [2.24, 2.45) is 11.7 Å². The normalized spacial score (nSPS) is 13.7. The molecule has 3 N–H and O–H groups in total. The number of aliphatic hydroxyl groups is 1. The molecule has 0 amide bonds. The fourth-order valence-electron chi connectivity index (χ4n) is 1.38. The lowest BCUT2D eigenvalue weighted by atomic mass is 10.1. The number of aliphatic hydroxyl groups excluding tert-OH is 1. The number of rotatable bonds is 5. The summed E-state index contributed by atoms with van der Waals surface area (Å²) in [5.74, 6) is 0.633. The Kier molecular flexibility index (Phi) is 5.49. The summed E-state index contributed by atoms with van der Waals surface area (Å²) in [7, 11) is 0. The highest BCUT2D eigenvalue weighted by atomic mass is 32.2. The molecular formula is C12H16F3NOS. The second-order valence-corrected chi connectivity index (χ2v) is 5.21. The van der Waals surface area contributed by atoms with Gasteiger partial charge >= 0.3 is 6.18 Å². The van der Waals surface area contributed by atoms with E-state index in [-0.39, 0.29) is 24.6 Å². The van der Waals surface area contributed by atoms with Crippen molar-refractivity contribution in [2.45, 2.75) is 24.5 Å². The largest absolute Gasteiger partial charge is 0.416 e. The van der Waals surface area contributed by atoms with E-state index < -0.39 is 11.7 Å².